The van der Waals surface area contributed by atoms with E-state index in [4.69, 9.17) is 10.5 Å². The van der Waals surface area contributed by atoms with Crippen LogP contribution in [0, 0.1) is 0 Å². The maximum atomic E-state index is 11.4. The molecular formula is C13H16N4O3S. The van der Waals surface area contributed by atoms with E-state index in [2.05, 4.69) is 10.1 Å². The van der Waals surface area contributed by atoms with Gasteiger partial charge >= 0.3 is 11.1 Å². The number of nitrogens with two attached hydrogens (primary N) is 1. The Labute approximate surface area is 125 Å². The molecule has 0 spiro atoms. The number of rotatable bonds is 4. The van der Waals surface area contributed by atoms with Crippen molar-refractivity contribution in [3.05, 3.63) is 44.5 Å². The molecule has 2 aromatic rings. The summed E-state index contributed by atoms with van der Waals surface area (Å²) in [7, 11) is 3.19. The standard InChI is InChI=1S/C13H16N4O3S/c1-7(14)10-8(20-3)5-4-6-9(10)21-13-15-11(18)12(19)16-17(13)2/h4-7H,14H2,1-3H3,(H,16,19)/t7-/m0/s1. The Hall–Kier alpha value is -2.06. The SMILES string of the molecule is COc1cccc(Sc2nc(=O)c(=O)[nH]n2C)c1[C@H](C)N. The number of aromatic nitrogens is 3. The van der Waals surface area contributed by atoms with E-state index >= 15 is 0 Å². The van der Waals surface area contributed by atoms with Crippen LogP contribution in [0.25, 0.3) is 0 Å². The van der Waals surface area contributed by atoms with Gasteiger partial charge in [-0.3, -0.25) is 19.4 Å². The number of benzene rings is 1. The molecule has 0 aliphatic heterocycles. The molecular weight excluding hydrogens is 292 g/mol. The van der Waals surface area contributed by atoms with Crippen molar-refractivity contribution in [2.24, 2.45) is 12.8 Å². The predicted molar refractivity (Wildman–Crippen MR) is 79.8 cm³/mol. The van der Waals surface area contributed by atoms with E-state index in [9.17, 15) is 9.59 Å². The Bertz CT molecular complexity index is 767. The zero-order chi connectivity index (χ0) is 15.6. The first-order valence-corrected chi connectivity index (χ1v) is 7.03. The number of hydrogen-bond donors (Lipinski definition) is 2. The van der Waals surface area contributed by atoms with Crippen molar-refractivity contribution < 1.29 is 4.74 Å². The van der Waals surface area contributed by atoms with E-state index in [-0.39, 0.29) is 6.04 Å². The summed E-state index contributed by atoms with van der Waals surface area (Å²) in [6.07, 6.45) is 0. The molecule has 0 radical (unpaired) electrons. The highest BCUT2D eigenvalue weighted by atomic mass is 32.2. The van der Waals surface area contributed by atoms with E-state index in [1.165, 1.54) is 16.4 Å². The molecule has 0 amide bonds. The van der Waals surface area contributed by atoms with E-state index in [0.717, 1.165) is 10.5 Å². The lowest BCUT2D eigenvalue weighted by atomic mass is 10.1. The lowest BCUT2D eigenvalue weighted by Crippen LogP contribution is -2.33. The lowest BCUT2D eigenvalue weighted by molar-refractivity contribution is 0.405. The van der Waals surface area contributed by atoms with Gasteiger partial charge < -0.3 is 10.5 Å². The summed E-state index contributed by atoms with van der Waals surface area (Å²) in [6, 6.07) is 5.27. The van der Waals surface area contributed by atoms with Crippen LogP contribution in [0.5, 0.6) is 5.75 Å². The first-order valence-electron chi connectivity index (χ1n) is 6.21. The second-order valence-corrected chi connectivity index (χ2v) is 5.47. The average molecular weight is 308 g/mol. The summed E-state index contributed by atoms with van der Waals surface area (Å²) in [5.74, 6) is 0.671. The van der Waals surface area contributed by atoms with Crippen molar-refractivity contribution in [1.82, 2.24) is 14.8 Å². The molecule has 1 aromatic heterocycles. The smallest absolute Gasteiger partial charge is 0.339 e. The van der Waals surface area contributed by atoms with Gasteiger partial charge in [0.2, 0.25) is 0 Å². The monoisotopic (exact) mass is 308 g/mol. The van der Waals surface area contributed by atoms with Crippen LogP contribution in [0.4, 0.5) is 0 Å². The van der Waals surface area contributed by atoms with E-state index in [0.29, 0.717) is 10.9 Å². The van der Waals surface area contributed by atoms with E-state index < -0.39 is 11.1 Å². The molecule has 112 valence electrons. The summed E-state index contributed by atoms with van der Waals surface area (Å²) in [5.41, 5.74) is 5.25. The molecule has 3 N–H and O–H groups in total. The molecule has 0 saturated carbocycles. The first kappa shape index (κ1) is 15.3. The average Bonchev–Trinajstić information content (AvgIpc) is 2.44. The molecule has 0 fully saturated rings. The molecule has 1 heterocycles. The minimum atomic E-state index is -0.819. The van der Waals surface area contributed by atoms with Crippen LogP contribution in [-0.4, -0.2) is 21.9 Å². The Kier molecular flexibility index (Phi) is 4.49. The van der Waals surface area contributed by atoms with Crippen LogP contribution < -0.4 is 21.6 Å². The molecule has 1 atom stereocenters. The van der Waals surface area contributed by atoms with Crippen molar-refractivity contribution in [2.75, 3.05) is 7.11 Å². The maximum absolute atomic E-state index is 11.4. The van der Waals surface area contributed by atoms with Crippen LogP contribution >= 0.6 is 11.8 Å². The molecule has 1 aromatic carbocycles. The molecule has 0 aliphatic carbocycles. The van der Waals surface area contributed by atoms with Crippen LogP contribution in [0.2, 0.25) is 0 Å². The number of hydrogen-bond acceptors (Lipinski definition) is 6. The van der Waals surface area contributed by atoms with Gasteiger partial charge in [-0.25, -0.2) is 0 Å². The van der Waals surface area contributed by atoms with Gasteiger partial charge in [0.1, 0.15) is 5.75 Å². The second-order valence-electron chi connectivity index (χ2n) is 4.46. The van der Waals surface area contributed by atoms with Crippen LogP contribution in [-0.2, 0) is 7.05 Å². The summed E-state index contributed by atoms with van der Waals surface area (Å²) < 4.78 is 6.72. The Morgan fingerprint density at radius 3 is 2.76 bits per heavy atom. The highest BCUT2D eigenvalue weighted by Crippen LogP contribution is 2.36. The minimum absolute atomic E-state index is 0.247. The summed E-state index contributed by atoms with van der Waals surface area (Å²) in [4.78, 5) is 27.2. The molecule has 0 aliphatic rings. The van der Waals surface area contributed by atoms with Crippen molar-refractivity contribution >= 4 is 11.8 Å². The molecule has 8 heteroatoms. The first-order chi connectivity index (χ1) is 9.93. The number of aromatic amines is 1. The molecule has 21 heavy (non-hydrogen) atoms. The largest absolute Gasteiger partial charge is 0.496 e. The fraction of sp³-hybridized carbons (Fsp3) is 0.308. The fourth-order valence-corrected chi connectivity index (χ4v) is 2.94. The third-order valence-electron chi connectivity index (χ3n) is 2.85. The summed E-state index contributed by atoms with van der Waals surface area (Å²) >= 11 is 1.24. The topological polar surface area (TPSA) is 103 Å². The quantitative estimate of drug-likeness (QED) is 0.804. The Morgan fingerprint density at radius 1 is 1.43 bits per heavy atom. The van der Waals surface area contributed by atoms with Gasteiger partial charge in [-0.2, -0.15) is 4.98 Å². The predicted octanol–water partition coefficient (Wildman–Crippen LogP) is 0.648. The second kappa shape index (κ2) is 6.15. The van der Waals surface area contributed by atoms with Crippen molar-refractivity contribution in [3.8, 4) is 5.75 Å². The molecule has 0 bridgehead atoms. The zero-order valence-corrected chi connectivity index (χ0v) is 12.7. The number of methoxy groups -OCH3 is 1. The normalized spacial score (nSPS) is 12.2. The number of nitrogens with one attached hydrogen (secondary N) is 1. The van der Waals surface area contributed by atoms with Gasteiger partial charge in [0, 0.05) is 23.5 Å². The minimum Gasteiger partial charge on any atom is -0.496 e. The van der Waals surface area contributed by atoms with Gasteiger partial charge in [0.05, 0.1) is 7.11 Å². The van der Waals surface area contributed by atoms with Crippen molar-refractivity contribution in [1.29, 1.82) is 0 Å². The number of H-pyrrole nitrogens is 1. The van der Waals surface area contributed by atoms with E-state index in [1.54, 1.807) is 14.2 Å². The third kappa shape index (κ3) is 3.17. The van der Waals surface area contributed by atoms with Gasteiger partial charge in [-0.15, -0.1) is 0 Å². The molecule has 2 rings (SSSR count). The molecule has 7 nitrogen and oxygen atoms in total. The van der Waals surface area contributed by atoms with Crippen molar-refractivity contribution in [3.63, 3.8) is 0 Å². The van der Waals surface area contributed by atoms with Gasteiger partial charge in [-0.05, 0) is 30.8 Å². The summed E-state index contributed by atoms with van der Waals surface area (Å²) in [6.45, 7) is 1.85. The number of ether oxygens (including phenoxy) is 1. The van der Waals surface area contributed by atoms with Crippen LogP contribution in [0.1, 0.15) is 18.5 Å². The van der Waals surface area contributed by atoms with Gasteiger partial charge in [-0.1, -0.05) is 6.07 Å². The lowest BCUT2D eigenvalue weighted by Gasteiger charge is -2.16. The number of aryl methyl sites for hydroxylation is 1. The van der Waals surface area contributed by atoms with Crippen LogP contribution in [0.15, 0.2) is 37.8 Å². The fourth-order valence-electron chi connectivity index (χ4n) is 1.89. The molecule has 0 unspecified atom stereocenters. The van der Waals surface area contributed by atoms with Gasteiger partial charge in [0.25, 0.3) is 0 Å². The van der Waals surface area contributed by atoms with Crippen molar-refractivity contribution in [2.45, 2.75) is 23.0 Å². The highest BCUT2D eigenvalue weighted by Gasteiger charge is 2.16. The Balaban J connectivity index is 2.52. The zero-order valence-electron chi connectivity index (χ0n) is 11.9. The highest BCUT2D eigenvalue weighted by molar-refractivity contribution is 7.99. The Morgan fingerprint density at radius 2 is 2.14 bits per heavy atom. The summed E-state index contributed by atoms with van der Waals surface area (Å²) in [5, 5.41) is 2.78. The molecule has 0 saturated heterocycles. The van der Waals surface area contributed by atoms with Crippen LogP contribution in [0.3, 0.4) is 0 Å². The van der Waals surface area contributed by atoms with E-state index in [1.807, 2.05) is 25.1 Å². The maximum Gasteiger partial charge on any atom is 0.339 e. The number of nitrogens with zero attached hydrogens (tertiary/aromatic N) is 2. The van der Waals surface area contributed by atoms with Gasteiger partial charge in [0.15, 0.2) is 5.16 Å². The third-order valence-corrected chi connectivity index (χ3v) is 3.97.